The van der Waals surface area contributed by atoms with Crippen molar-refractivity contribution < 1.29 is 9.53 Å². The average molecular weight is 442 g/mol. The number of hydrogen-bond acceptors (Lipinski definition) is 5. The molecule has 1 aliphatic heterocycles. The van der Waals surface area contributed by atoms with Gasteiger partial charge in [-0.1, -0.05) is 23.7 Å². The van der Waals surface area contributed by atoms with E-state index < -0.39 is 0 Å². The van der Waals surface area contributed by atoms with Crippen LogP contribution < -0.4 is 4.74 Å². The fourth-order valence-electron chi connectivity index (χ4n) is 3.43. The van der Waals surface area contributed by atoms with Crippen molar-refractivity contribution in [1.82, 2.24) is 14.8 Å². The van der Waals surface area contributed by atoms with E-state index in [2.05, 4.69) is 9.88 Å². The number of aryl methyl sites for hydroxylation is 1. The minimum Gasteiger partial charge on any atom is -0.487 e. The first kappa shape index (κ1) is 20.8. The normalized spacial score (nSPS) is 14.7. The van der Waals surface area contributed by atoms with Crippen LogP contribution in [0.15, 0.2) is 54.0 Å². The van der Waals surface area contributed by atoms with Gasteiger partial charge in [-0.3, -0.25) is 14.7 Å². The Balaban J connectivity index is 1.29. The molecule has 156 valence electrons. The number of hydrogen-bond donors (Lipinski definition) is 0. The molecule has 0 N–H and O–H groups in total. The first-order valence-electron chi connectivity index (χ1n) is 9.96. The maximum absolute atomic E-state index is 12.9. The van der Waals surface area contributed by atoms with Gasteiger partial charge in [0, 0.05) is 44.5 Å². The third kappa shape index (κ3) is 5.19. The lowest BCUT2D eigenvalue weighted by atomic mass is 10.2. The minimum atomic E-state index is 0.0947. The first-order valence-corrected chi connectivity index (χ1v) is 11.2. The third-order valence-corrected chi connectivity index (χ3v) is 6.40. The summed E-state index contributed by atoms with van der Waals surface area (Å²) in [5.41, 5.74) is 3.14. The zero-order valence-corrected chi connectivity index (χ0v) is 18.5. The van der Waals surface area contributed by atoms with Gasteiger partial charge in [-0.15, -0.1) is 11.3 Å². The van der Waals surface area contributed by atoms with Crippen LogP contribution in [0.1, 0.15) is 26.5 Å². The summed E-state index contributed by atoms with van der Waals surface area (Å²) in [4.78, 5) is 22.3. The molecule has 30 heavy (non-hydrogen) atoms. The van der Waals surface area contributed by atoms with Gasteiger partial charge in [-0.25, -0.2) is 0 Å². The zero-order chi connectivity index (χ0) is 20.9. The summed E-state index contributed by atoms with van der Waals surface area (Å²) in [7, 11) is 0. The van der Waals surface area contributed by atoms with Gasteiger partial charge >= 0.3 is 0 Å². The lowest BCUT2D eigenvalue weighted by Crippen LogP contribution is -2.48. The van der Waals surface area contributed by atoms with Gasteiger partial charge in [0.2, 0.25) is 0 Å². The quantitative estimate of drug-likeness (QED) is 0.559. The second kappa shape index (κ2) is 9.60. The van der Waals surface area contributed by atoms with Gasteiger partial charge in [0.05, 0.1) is 15.6 Å². The molecular weight excluding hydrogens is 418 g/mol. The van der Waals surface area contributed by atoms with Crippen LogP contribution >= 0.6 is 22.9 Å². The molecule has 5 nitrogen and oxygen atoms in total. The van der Waals surface area contributed by atoms with Gasteiger partial charge in [-0.05, 0) is 48.2 Å². The molecule has 1 aliphatic rings. The average Bonchev–Trinajstić information content (AvgIpc) is 3.24. The SMILES string of the molecule is Cc1ccc(Cl)c(OCc2csc(C(=O)N3CCN(Cc4ccccn4)CC3)c2)c1. The Morgan fingerprint density at radius 1 is 1.17 bits per heavy atom. The van der Waals surface area contributed by atoms with Gasteiger partial charge < -0.3 is 9.64 Å². The van der Waals surface area contributed by atoms with Crippen molar-refractivity contribution >= 4 is 28.8 Å². The number of benzene rings is 1. The van der Waals surface area contributed by atoms with Crippen LogP contribution in [0.25, 0.3) is 0 Å². The van der Waals surface area contributed by atoms with Crippen molar-refractivity contribution in [2.75, 3.05) is 26.2 Å². The van der Waals surface area contributed by atoms with Crippen LogP contribution in [0.3, 0.4) is 0 Å². The summed E-state index contributed by atoms with van der Waals surface area (Å²) in [6.07, 6.45) is 1.82. The molecule has 2 aromatic heterocycles. The van der Waals surface area contributed by atoms with Crippen molar-refractivity contribution in [2.24, 2.45) is 0 Å². The van der Waals surface area contributed by atoms with Gasteiger partial charge in [-0.2, -0.15) is 0 Å². The van der Waals surface area contributed by atoms with Crippen molar-refractivity contribution in [3.8, 4) is 5.75 Å². The summed E-state index contributed by atoms with van der Waals surface area (Å²) >= 11 is 7.66. The number of piperazine rings is 1. The van der Waals surface area contributed by atoms with Crippen LogP contribution in [-0.4, -0.2) is 46.9 Å². The largest absolute Gasteiger partial charge is 0.487 e. The lowest BCUT2D eigenvalue weighted by Gasteiger charge is -2.34. The molecular formula is C23H24ClN3O2S. The van der Waals surface area contributed by atoms with E-state index in [1.807, 2.05) is 65.9 Å². The molecule has 1 aromatic carbocycles. The number of carbonyl (C=O) groups is 1. The van der Waals surface area contributed by atoms with Crippen LogP contribution in [0.2, 0.25) is 5.02 Å². The second-order valence-electron chi connectivity index (χ2n) is 7.43. The molecule has 1 fully saturated rings. The van der Waals surface area contributed by atoms with E-state index in [1.165, 1.54) is 11.3 Å². The monoisotopic (exact) mass is 441 g/mol. The Kier molecular flexibility index (Phi) is 6.67. The Morgan fingerprint density at radius 3 is 2.77 bits per heavy atom. The number of pyridine rings is 1. The van der Waals surface area contributed by atoms with Crippen LogP contribution in [0.5, 0.6) is 5.75 Å². The standard InChI is InChI=1S/C23H24ClN3O2S/c1-17-5-6-20(24)21(12-17)29-15-18-13-22(30-16-18)23(28)27-10-8-26(9-11-27)14-19-4-2-3-7-25-19/h2-7,12-13,16H,8-11,14-15H2,1H3. The van der Waals surface area contributed by atoms with Crippen LogP contribution in [0.4, 0.5) is 0 Å². The Morgan fingerprint density at radius 2 is 2.00 bits per heavy atom. The zero-order valence-electron chi connectivity index (χ0n) is 16.9. The van der Waals surface area contributed by atoms with Crippen LogP contribution in [-0.2, 0) is 13.2 Å². The molecule has 3 heterocycles. The molecule has 7 heteroatoms. The molecule has 4 rings (SSSR count). The highest BCUT2D eigenvalue weighted by Crippen LogP contribution is 2.27. The van der Waals surface area contributed by atoms with Crippen molar-refractivity contribution in [3.63, 3.8) is 0 Å². The Labute approximate surface area is 185 Å². The smallest absolute Gasteiger partial charge is 0.264 e. The number of thiophene rings is 1. The molecule has 3 aromatic rings. The maximum Gasteiger partial charge on any atom is 0.264 e. The number of ether oxygens (including phenoxy) is 1. The third-order valence-electron chi connectivity index (χ3n) is 5.12. The van der Waals surface area contributed by atoms with E-state index >= 15 is 0 Å². The van der Waals surface area contributed by atoms with Crippen molar-refractivity contribution in [3.05, 3.63) is 80.8 Å². The number of carbonyl (C=O) groups excluding carboxylic acids is 1. The molecule has 0 saturated carbocycles. The van der Waals surface area contributed by atoms with E-state index in [1.54, 1.807) is 0 Å². The molecule has 1 amide bonds. The number of aromatic nitrogens is 1. The molecule has 0 unspecified atom stereocenters. The summed E-state index contributed by atoms with van der Waals surface area (Å²) in [5, 5.41) is 2.57. The predicted octanol–water partition coefficient (Wildman–Crippen LogP) is 4.64. The highest BCUT2D eigenvalue weighted by atomic mass is 35.5. The Bertz CT molecular complexity index is 1000. The molecule has 0 radical (unpaired) electrons. The summed E-state index contributed by atoms with van der Waals surface area (Å²) in [5.74, 6) is 0.761. The lowest BCUT2D eigenvalue weighted by molar-refractivity contribution is 0.0631. The molecule has 0 spiro atoms. The summed E-state index contributed by atoms with van der Waals surface area (Å²) < 4.78 is 5.85. The van der Waals surface area contributed by atoms with Gasteiger partial charge in [0.15, 0.2) is 0 Å². The number of amides is 1. The summed E-state index contributed by atoms with van der Waals surface area (Å²) in [6, 6.07) is 13.6. The Hall–Kier alpha value is -2.41. The maximum atomic E-state index is 12.9. The van der Waals surface area contributed by atoms with Crippen LogP contribution in [0, 0.1) is 6.92 Å². The number of rotatable bonds is 6. The fraction of sp³-hybridized carbons (Fsp3) is 0.304. The number of nitrogens with zero attached hydrogens (tertiary/aromatic N) is 3. The first-order chi connectivity index (χ1) is 14.6. The summed E-state index contributed by atoms with van der Waals surface area (Å²) in [6.45, 7) is 6.39. The highest BCUT2D eigenvalue weighted by molar-refractivity contribution is 7.12. The molecule has 1 saturated heterocycles. The van der Waals surface area contributed by atoms with E-state index in [-0.39, 0.29) is 5.91 Å². The second-order valence-corrected chi connectivity index (χ2v) is 8.75. The predicted molar refractivity (Wildman–Crippen MR) is 120 cm³/mol. The van der Waals surface area contributed by atoms with E-state index in [0.29, 0.717) is 17.4 Å². The van der Waals surface area contributed by atoms with E-state index in [9.17, 15) is 4.79 Å². The fourth-order valence-corrected chi connectivity index (χ4v) is 4.47. The van der Waals surface area contributed by atoms with Gasteiger partial charge in [0.25, 0.3) is 5.91 Å². The minimum absolute atomic E-state index is 0.0947. The number of halogens is 1. The highest BCUT2D eigenvalue weighted by Gasteiger charge is 2.23. The topological polar surface area (TPSA) is 45.7 Å². The molecule has 0 atom stereocenters. The molecule has 0 aliphatic carbocycles. The van der Waals surface area contributed by atoms with Gasteiger partial charge in [0.1, 0.15) is 12.4 Å². The molecule has 0 bridgehead atoms. The van der Waals surface area contributed by atoms with E-state index in [0.717, 1.165) is 54.4 Å². The van der Waals surface area contributed by atoms with Crippen molar-refractivity contribution in [1.29, 1.82) is 0 Å². The van der Waals surface area contributed by atoms with Crippen molar-refractivity contribution in [2.45, 2.75) is 20.1 Å². The van der Waals surface area contributed by atoms with E-state index in [4.69, 9.17) is 16.3 Å².